The summed E-state index contributed by atoms with van der Waals surface area (Å²) in [4.78, 5) is 10.3. The summed E-state index contributed by atoms with van der Waals surface area (Å²) in [5.74, 6) is 0. The van der Waals surface area contributed by atoms with Crippen molar-refractivity contribution < 1.29 is 4.92 Å². The van der Waals surface area contributed by atoms with Crippen LogP contribution in [0.4, 0.5) is 0 Å². The summed E-state index contributed by atoms with van der Waals surface area (Å²) < 4.78 is 1.82. The topological polar surface area (TPSA) is 48.1 Å². The minimum atomic E-state index is -0.371. The van der Waals surface area contributed by atoms with Crippen LogP contribution in [0.1, 0.15) is 26.0 Å². The zero-order chi connectivity index (χ0) is 12.8. The Kier molecular flexibility index (Phi) is 4.46. The van der Waals surface area contributed by atoms with E-state index in [4.69, 9.17) is 0 Å². The van der Waals surface area contributed by atoms with E-state index in [1.165, 1.54) is 6.08 Å². The SMILES string of the molecule is C=C(/C=C(\CC)[N+](=O)[O-])n1cccc1/C=C\C. The average molecular weight is 232 g/mol. The molecule has 1 heterocycles. The van der Waals surface area contributed by atoms with E-state index in [-0.39, 0.29) is 10.6 Å². The molecule has 0 aromatic carbocycles. The van der Waals surface area contributed by atoms with E-state index in [0.717, 1.165) is 5.69 Å². The van der Waals surface area contributed by atoms with Crippen LogP contribution in [0.3, 0.4) is 0 Å². The third kappa shape index (κ3) is 3.17. The maximum absolute atomic E-state index is 10.7. The second kappa shape index (κ2) is 5.84. The van der Waals surface area contributed by atoms with Crippen LogP contribution < -0.4 is 0 Å². The largest absolute Gasteiger partial charge is 0.318 e. The molecular formula is C13H16N2O2. The second-order valence-corrected chi connectivity index (χ2v) is 3.54. The molecule has 0 saturated carbocycles. The van der Waals surface area contributed by atoms with Crippen LogP contribution in [0, 0.1) is 10.1 Å². The molecule has 0 N–H and O–H groups in total. The maximum atomic E-state index is 10.7. The summed E-state index contributed by atoms with van der Waals surface area (Å²) in [5.41, 5.74) is 1.71. The minimum Gasteiger partial charge on any atom is -0.318 e. The number of nitro groups is 1. The fourth-order valence-corrected chi connectivity index (χ4v) is 1.51. The molecule has 1 rings (SSSR count). The molecule has 0 saturated heterocycles. The highest BCUT2D eigenvalue weighted by atomic mass is 16.6. The van der Waals surface area contributed by atoms with Gasteiger partial charge in [-0.15, -0.1) is 0 Å². The number of hydrogen-bond donors (Lipinski definition) is 0. The van der Waals surface area contributed by atoms with E-state index in [0.29, 0.717) is 12.1 Å². The fraction of sp³-hybridized carbons (Fsp3) is 0.231. The van der Waals surface area contributed by atoms with Crippen LogP contribution in [0.5, 0.6) is 0 Å². The number of hydrogen-bond acceptors (Lipinski definition) is 2. The summed E-state index contributed by atoms with van der Waals surface area (Å²) >= 11 is 0. The van der Waals surface area contributed by atoms with Crippen LogP contribution >= 0.6 is 0 Å². The van der Waals surface area contributed by atoms with Crippen molar-refractivity contribution >= 4 is 11.8 Å². The van der Waals surface area contributed by atoms with Gasteiger partial charge in [0, 0.05) is 30.1 Å². The number of nitrogens with zero attached hydrogens (tertiary/aromatic N) is 2. The Morgan fingerprint density at radius 3 is 2.88 bits per heavy atom. The third-order valence-corrected chi connectivity index (χ3v) is 2.36. The molecule has 0 aliphatic carbocycles. The summed E-state index contributed by atoms with van der Waals surface area (Å²) in [6.07, 6.45) is 7.56. The summed E-state index contributed by atoms with van der Waals surface area (Å²) in [7, 11) is 0. The van der Waals surface area contributed by atoms with E-state index in [1.54, 1.807) is 6.92 Å². The van der Waals surface area contributed by atoms with Gasteiger partial charge in [0.1, 0.15) is 0 Å². The third-order valence-electron chi connectivity index (χ3n) is 2.36. The lowest BCUT2D eigenvalue weighted by molar-refractivity contribution is -0.427. The first-order chi connectivity index (χ1) is 8.10. The van der Waals surface area contributed by atoms with Crippen LogP contribution in [-0.2, 0) is 0 Å². The van der Waals surface area contributed by atoms with Gasteiger partial charge in [0.05, 0.1) is 4.92 Å². The molecule has 1 aromatic heterocycles. The van der Waals surface area contributed by atoms with Gasteiger partial charge in [0.25, 0.3) is 0 Å². The molecule has 0 fully saturated rings. The highest BCUT2D eigenvalue weighted by Gasteiger charge is 2.09. The molecule has 0 unspecified atom stereocenters. The lowest BCUT2D eigenvalue weighted by Crippen LogP contribution is -2.00. The Morgan fingerprint density at radius 1 is 1.65 bits per heavy atom. The van der Waals surface area contributed by atoms with E-state index >= 15 is 0 Å². The Balaban J connectivity index is 3.04. The van der Waals surface area contributed by atoms with Crippen LogP contribution in [0.25, 0.3) is 11.8 Å². The first-order valence-corrected chi connectivity index (χ1v) is 5.44. The first kappa shape index (κ1) is 13.0. The van der Waals surface area contributed by atoms with E-state index in [1.807, 2.05) is 42.0 Å². The van der Waals surface area contributed by atoms with Gasteiger partial charge in [0.15, 0.2) is 0 Å². The Bertz CT molecular complexity index is 481. The monoisotopic (exact) mass is 232 g/mol. The lowest BCUT2D eigenvalue weighted by atomic mass is 10.3. The molecule has 0 aliphatic heterocycles. The van der Waals surface area contributed by atoms with Gasteiger partial charge in [-0.3, -0.25) is 10.1 Å². The van der Waals surface area contributed by atoms with Crippen LogP contribution in [0.2, 0.25) is 0 Å². The number of aromatic nitrogens is 1. The fourth-order valence-electron chi connectivity index (χ4n) is 1.51. The lowest BCUT2D eigenvalue weighted by Gasteiger charge is -2.05. The van der Waals surface area contributed by atoms with Crippen molar-refractivity contribution in [2.24, 2.45) is 0 Å². The van der Waals surface area contributed by atoms with Crippen molar-refractivity contribution in [1.29, 1.82) is 0 Å². The van der Waals surface area contributed by atoms with Gasteiger partial charge in [-0.1, -0.05) is 19.6 Å². The predicted octanol–water partition coefficient (Wildman–Crippen LogP) is 3.56. The molecule has 0 amide bonds. The van der Waals surface area contributed by atoms with Crippen molar-refractivity contribution in [3.8, 4) is 0 Å². The number of allylic oxidation sites excluding steroid dienone is 4. The summed E-state index contributed by atoms with van der Waals surface area (Å²) in [6.45, 7) is 7.53. The van der Waals surface area contributed by atoms with Gasteiger partial charge < -0.3 is 4.57 Å². The average Bonchev–Trinajstić information content (AvgIpc) is 2.74. The molecule has 4 nitrogen and oxygen atoms in total. The smallest absolute Gasteiger partial charge is 0.248 e. The van der Waals surface area contributed by atoms with Crippen LogP contribution in [0.15, 0.2) is 42.8 Å². The zero-order valence-electron chi connectivity index (χ0n) is 10.1. The van der Waals surface area contributed by atoms with Crippen molar-refractivity contribution in [2.45, 2.75) is 20.3 Å². The normalized spacial score (nSPS) is 12.0. The molecule has 0 radical (unpaired) electrons. The van der Waals surface area contributed by atoms with Crippen molar-refractivity contribution in [3.63, 3.8) is 0 Å². The highest BCUT2D eigenvalue weighted by molar-refractivity contribution is 5.61. The molecule has 0 atom stereocenters. The second-order valence-electron chi connectivity index (χ2n) is 3.54. The summed E-state index contributed by atoms with van der Waals surface area (Å²) in [5, 5.41) is 10.7. The van der Waals surface area contributed by atoms with Crippen molar-refractivity contribution in [1.82, 2.24) is 4.57 Å². The molecular weight excluding hydrogens is 216 g/mol. The first-order valence-electron chi connectivity index (χ1n) is 5.44. The predicted molar refractivity (Wildman–Crippen MR) is 69.8 cm³/mol. The number of rotatable bonds is 5. The van der Waals surface area contributed by atoms with Gasteiger partial charge in [-0.05, 0) is 25.1 Å². The van der Waals surface area contributed by atoms with Gasteiger partial charge in [-0.2, -0.15) is 0 Å². The molecule has 90 valence electrons. The van der Waals surface area contributed by atoms with Crippen molar-refractivity contribution in [3.05, 3.63) is 58.6 Å². The molecule has 17 heavy (non-hydrogen) atoms. The van der Waals surface area contributed by atoms with Gasteiger partial charge in [0.2, 0.25) is 5.70 Å². The standard InChI is InChI=1S/C13H16N2O2/c1-4-7-13-8-6-9-14(13)11(3)10-12(5-2)15(16)17/h4,6-10H,3,5H2,1-2H3/b7-4-,12-10+. The highest BCUT2D eigenvalue weighted by Crippen LogP contribution is 2.15. The molecule has 0 aliphatic rings. The molecule has 0 spiro atoms. The van der Waals surface area contributed by atoms with E-state index in [2.05, 4.69) is 6.58 Å². The quantitative estimate of drug-likeness (QED) is 0.442. The summed E-state index contributed by atoms with van der Waals surface area (Å²) in [6, 6.07) is 3.81. The van der Waals surface area contributed by atoms with E-state index < -0.39 is 0 Å². The Labute approximate surface area is 101 Å². The van der Waals surface area contributed by atoms with Crippen LogP contribution in [-0.4, -0.2) is 9.49 Å². The van der Waals surface area contributed by atoms with E-state index in [9.17, 15) is 10.1 Å². The molecule has 4 heteroatoms. The van der Waals surface area contributed by atoms with Gasteiger partial charge >= 0.3 is 0 Å². The van der Waals surface area contributed by atoms with Gasteiger partial charge in [-0.25, -0.2) is 0 Å². The Morgan fingerprint density at radius 2 is 2.35 bits per heavy atom. The molecule has 0 bridgehead atoms. The minimum absolute atomic E-state index is 0.162. The molecule has 1 aromatic rings. The van der Waals surface area contributed by atoms with Crippen molar-refractivity contribution in [2.75, 3.05) is 0 Å². The maximum Gasteiger partial charge on any atom is 0.248 e. The zero-order valence-corrected chi connectivity index (χ0v) is 10.1. The Hall–Kier alpha value is -2.10.